The fourth-order valence-electron chi connectivity index (χ4n) is 1.79. The van der Waals surface area contributed by atoms with E-state index in [-0.39, 0.29) is 5.56 Å². The van der Waals surface area contributed by atoms with Crippen LogP contribution in [0.4, 0.5) is 5.82 Å². The molecule has 0 saturated heterocycles. The summed E-state index contributed by atoms with van der Waals surface area (Å²) < 4.78 is 0. The van der Waals surface area contributed by atoms with Crippen molar-refractivity contribution in [2.45, 2.75) is 30.7 Å². The molecular formula is C14H18N4OS. The molecule has 2 rings (SSSR count). The lowest BCUT2D eigenvalue weighted by molar-refractivity contribution is 0.816. The molecule has 0 aliphatic heterocycles. The summed E-state index contributed by atoms with van der Waals surface area (Å²) in [5.74, 6) is 1.58. The van der Waals surface area contributed by atoms with Gasteiger partial charge in [-0.2, -0.15) is 0 Å². The van der Waals surface area contributed by atoms with Crippen molar-refractivity contribution in [3.05, 3.63) is 46.0 Å². The van der Waals surface area contributed by atoms with Crippen LogP contribution in [0.2, 0.25) is 0 Å². The molecule has 2 heterocycles. The van der Waals surface area contributed by atoms with Crippen molar-refractivity contribution < 1.29 is 0 Å². The zero-order valence-electron chi connectivity index (χ0n) is 11.6. The van der Waals surface area contributed by atoms with Gasteiger partial charge in [-0.3, -0.25) is 4.79 Å². The highest BCUT2D eigenvalue weighted by atomic mass is 32.2. The number of aromatic amines is 1. The van der Waals surface area contributed by atoms with E-state index in [2.05, 4.69) is 27.2 Å². The van der Waals surface area contributed by atoms with Crippen LogP contribution in [0.1, 0.15) is 24.6 Å². The maximum absolute atomic E-state index is 11.6. The molecule has 0 aromatic carbocycles. The number of aromatic nitrogens is 3. The van der Waals surface area contributed by atoms with Gasteiger partial charge >= 0.3 is 0 Å². The van der Waals surface area contributed by atoms with E-state index in [9.17, 15) is 4.79 Å². The molecule has 0 atom stereocenters. The predicted molar refractivity (Wildman–Crippen MR) is 82.2 cm³/mol. The van der Waals surface area contributed by atoms with Gasteiger partial charge in [-0.1, -0.05) is 25.1 Å². The second kappa shape index (κ2) is 7.09. The van der Waals surface area contributed by atoms with Crippen LogP contribution < -0.4 is 10.9 Å². The van der Waals surface area contributed by atoms with Gasteiger partial charge in [0.15, 0.2) is 5.16 Å². The predicted octanol–water partition coefficient (Wildman–Crippen LogP) is 2.45. The summed E-state index contributed by atoms with van der Waals surface area (Å²) in [4.78, 5) is 23.0. The molecule has 0 spiro atoms. The van der Waals surface area contributed by atoms with Crippen LogP contribution in [0.3, 0.4) is 0 Å². The number of thioether (sulfide) groups is 1. The molecule has 2 aromatic heterocycles. The average molecular weight is 290 g/mol. The summed E-state index contributed by atoms with van der Waals surface area (Å²) in [6, 6.07) is 5.52. The molecule has 0 aliphatic rings. The quantitative estimate of drug-likeness (QED) is 0.631. The lowest BCUT2D eigenvalue weighted by atomic mass is 10.2. The summed E-state index contributed by atoms with van der Waals surface area (Å²) in [7, 11) is 1.84. The zero-order valence-corrected chi connectivity index (χ0v) is 12.5. The largest absolute Gasteiger partial charge is 0.373 e. The van der Waals surface area contributed by atoms with E-state index in [4.69, 9.17) is 0 Å². The van der Waals surface area contributed by atoms with Crippen molar-refractivity contribution in [3.8, 4) is 0 Å². The number of rotatable bonds is 6. The minimum Gasteiger partial charge on any atom is -0.373 e. The second-order valence-corrected chi connectivity index (χ2v) is 5.34. The van der Waals surface area contributed by atoms with Gasteiger partial charge in [0.25, 0.3) is 5.56 Å². The van der Waals surface area contributed by atoms with Crippen LogP contribution in [0.25, 0.3) is 0 Å². The smallest absolute Gasteiger partial charge is 0.251 e. The minimum atomic E-state index is -0.0865. The normalized spacial score (nSPS) is 10.5. The Morgan fingerprint density at radius 3 is 3.00 bits per heavy atom. The Bertz CT molecular complexity index is 627. The van der Waals surface area contributed by atoms with Gasteiger partial charge in [0.1, 0.15) is 5.82 Å². The number of H-pyrrole nitrogens is 1. The first-order chi connectivity index (χ1) is 9.71. The number of anilines is 1. The highest BCUT2D eigenvalue weighted by molar-refractivity contribution is 7.98. The molecule has 0 aliphatic carbocycles. The van der Waals surface area contributed by atoms with E-state index in [0.717, 1.165) is 35.7 Å². The van der Waals surface area contributed by atoms with Crippen molar-refractivity contribution >= 4 is 17.6 Å². The Balaban J connectivity index is 2.08. The molecule has 0 amide bonds. The summed E-state index contributed by atoms with van der Waals surface area (Å²) in [5.41, 5.74) is 1.90. The molecule has 2 N–H and O–H groups in total. The Morgan fingerprint density at radius 2 is 2.25 bits per heavy atom. The van der Waals surface area contributed by atoms with Crippen LogP contribution in [-0.2, 0) is 12.2 Å². The summed E-state index contributed by atoms with van der Waals surface area (Å²) in [5, 5.41) is 3.68. The third kappa shape index (κ3) is 4.09. The Morgan fingerprint density at radius 1 is 1.40 bits per heavy atom. The SMILES string of the molecule is CCCc1cc(=O)[nH]c(SCc2ccnc(NC)c2)n1. The molecule has 2 aromatic rings. The number of aryl methyl sites for hydroxylation is 1. The fraction of sp³-hybridized carbons (Fsp3) is 0.357. The number of nitrogens with zero attached hydrogens (tertiary/aromatic N) is 2. The summed E-state index contributed by atoms with van der Waals surface area (Å²) in [6.45, 7) is 2.08. The van der Waals surface area contributed by atoms with E-state index in [1.165, 1.54) is 11.8 Å². The third-order valence-electron chi connectivity index (χ3n) is 2.74. The van der Waals surface area contributed by atoms with E-state index >= 15 is 0 Å². The van der Waals surface area contributed by atoms with Gasteiger partial charge in [-0.25, -0.2) is 9.97 Å². The Hall–Kier alpha value is -1.82. The van der Waals surface area contributed by atoms with Gasteiger partial charge in [-0.15, -0.1) is 0 Å². The number of hydrogen-bond acceptors (Lipinski definition) is 5. The minimum absolute atomic E-state index is 0.0865. The van der Waals surface area contributed by atoms with Crippen LogP contribution in [0.5, 0.6) is 0 Å². The van der Waals surface area contributed by atoms with Crippen molar-refractivity contribution in [1.29, 1.82) is 0 Å². The molecule has 6 heteroatoms. The van der Waals surface area contributed by atoms with Gasteiger partial charge in [0, 0.05) is 30.8 Å². The summed E-state index contributed by atoms with van der Waals surface area (Å²) in [6.07, 6.45) is 3.58. The van der Waals surface area contributed by atoms with Crippen molar-refractivity contribution in [2.75, 3.05) is 12.4 Å². The van der Waals surface area contributed by atoms with Crippen molar-refractivity contribution in [2.24, 2.45) is 0 Å². The first kappa shape index (κ1) is 14.6. The molecule has 0 fully saturated rings. The molecule has 106 valence electrons. The maximum atomic E-state index is 11.6. The third-order valence-corrected chi connectivity index (χ3v) is 3.68. The molecule has 0 unspecified atom stereocenters. The van der Waals surface area contributed by atoms with Crippen LogP contribution in [0, 0.1) is 0 Å². The van der Waals surface area contributed by atoms with E-state index in [1.54, 1.807) is 12.3 Å². The van der Waals surface area contributed by atoms with E-state index < -0.39 is 0 Å². The lowest BCUT2D eigenvalue weighted by Crippen LogP contribution is -2.10. The number of nitrogens with one attached hydrogen (secondary N) is 2. The zero-order chi connectivity index (χ0) is 14.4. The van der Waals surface area contributed by atoms with E-state index in [0.29, 0.717) is 5.16 Å². The molecule has 0 bridgehead atoms. The summed E-state index contributed by atoms with van der Waals surface area (Å²) >= 11 is 1.52. The van der Waals surface area contributed by atoms with Crippen LogP contribution in [-0.4, -0.2) is 22.0 Å². The van der Waals surface area contributed by atoms with Gasteiger partial charge in [0.05, 0.1) is 0 Å². The van der Waals surface area contributed by atoms with Crippen LogP contribution >= 0.6 is 11.8 Å². The molecular weight excluding hydrogens is 272 g/mol. The topological polar surface area (TPSA) is 70.7 Å². The van der Waals surface area contributed by atoms with Crippen molar-refractivity contribution in [3.63, 3.8) is 0 Å². The first-order valence-corrected chi connectivity index (χ1v) is 7.55. The number of hydrogen-bond donors (Lipinski definition) is 2. The lowest BCUT2D eigenvalue weighted by Gasteiger charge is -2.05. The fourth-order valence-corrected chi connectivity index (χ4v) is 2.63. The second-order valence-electron chi connectivity index (χ2n) is 4.38. The average Bonchev–Trinajstić information content (AvgIpc) is 2.45. The molecule has 20 heavy (non-hydrogen) atoms. The van der Waals surface area contributed by atoms with Crippen LogP contribution in [0.15, 0.2) is 34.3 Å². The van der Waals surface area contributed by atoms with Gasteiger partial charge in [-0.05, 0) is 24.1 Å². The van der Waals surface area contributed by atoms with E-state index in [1.807, 2.05) is 19.2 Å². The first-order valence-electron chi connectivity index (χ1n) is 6.57. The Labute approximate surface area is 122 Å². The van der Waals surface area contributed by atoms with Gasteiger partial charge in [0.2, 0.25) is 0 Å². The highest BCUT2D eigenvalue weighted by Crippen LogP contribution is 2.19. The standard InChI is InChI=1S/C14H18N4OS/c1-3-4-11-8-13(19)18-14(17-11)20-9-10-5-6-16-12(7-10)15-2/h5-8H,3-4,9H2,1-2H3,(H,15,16)(H,17,18,19). The molecule has 5 nitrogen and oxygen atoms in total. The van der Waals surface area contributed by atoms with Gasteiger partial charge < -0.3 is 10.3 Å². The monoisotopic (exact) mass is 290 g/mol. The highest BCUT2D eigenvalue weighted by Gasteiger charge is 2.03. The molecule has 0 radical (unpaired) electrons. The Kier molecular flexibility index (Phi) is 5.17. The van der Waals surface area contributed by atoms with Crippen molar-refractivity contribution in [1.82, 2.24) is 15.0 Å². The maximum Gasteiger partial charge on any atom is 0.251 e. The number of pyridine rings is 1. The molecule has 0 saturated carbocycles.